The van der Waals surface area contributed by atoms with Gasteiger partial charge < -0.3 is 37.2 Å². The van der Waals surface area contributed by atoms with E-state index in [0.29, 0.717) is 17.7 Å². The van der Waals surface area contributed by atoms with Gasteiger partial charge in [-0.15, -0.1) is 0 Å². The van der Waals surface area contributed by atoms with Crippen molar-refractivity contribution in [2.75, 3.05) is 18.6 Å². The number of rotatable bonds is 17. The number of nitrogens with two attached hydrogens (primary N) is 1. The second kappa shape index (κ2) is 17.4. The normalized spacial score (nSPS) is 14.8. The predicted octanol–water partition coefficient (Wildman–Crippen LogP) is -0.608. The lowest BCUT2D eigenvalue weighted by molar-refractivity contribution is -0.143. The highest BCUT2D eigenvalue weighted by Crippen LogP contribution is 2.07. The van der Waals surface area contributed by atoms with Gasteiger partial charge in [0, 0.05) is 6.42 Å². The molecule has 5 atom stereocenters. The van der Waals surface area contributed by atoms with Crippen LogP contribution in [0.1, 0.15) is 39.2 Å². The molecule has 0 fully saturated rings. The number of aliphatic hydroxyl groups excluding tert-OH is 1. The molecule has 8 N–H and O–H groups in total. The van der Waals surface area contributed by atoms with Crippen LogP contribution in [0.3, 0.4) is 0 Å². The van der Waals surface area contributed by atoms with E-state index in [2.05, 4.69) is 21.3 Å². The predicted molar refractivity (Wildman–Crippen MR) is 149 cm³/mol. The molecule has 0 saturated heterocycles. The molecule has 0 unspecified atom stereocenters. The first-order chi connectivity index (χ1) is 18.4. The van der Waals surface area contributed by atoms with Crippen molar-refractivity contribution >= 4 is 41.4 Å². The van der Waals surface area contributed by atoms with Crippen LogP contribution in [0.2, 0.25) is 0 Å². The summed E-state index contributed by atoms with van der Waals surface area (Å²) in [6.45, 7) is 4.26. The van der Waals surface area contributed by atoms with Gasteiger partial charge in [0.05, 0.1) is 12.6 Å². The largest absolute Gasteiger partial charge is 0.480 e. The van der Waals surface area contributed by atoms with Crippen molar-refractivity contribution in [3.8, 4) is 0 Å². The Balaban J connectivity index is 2.98. The SMILES string of the molecule is CSCC[C@H](N)C(=O)N[C@@H](C)C(=O)N[C@@H](Cc1ccccc1)C(=O)N[C@@H](CO)C(=O)N[C@@H](CC(C)C)C(=O)O. The lowest BCUT2D eigenvalue weighted by atomic mass is 10.0. The number of thioether (sulfide) groups is 1. The Morgan fingerprint density at radius 1 is 0.846 bits per heavy atom. The maximum Gasteiger partial charge on any atom is 0.326 e. The van der Waals surface area contributed by atoms with Crippen LogP contribution in [0.4, 0.5) is 0 Å². The van der Waals surface area contributed by atoms with Gasteiger partial charge >= 0.3 is 5.97 Å². The number of carbonyl (C=O) groups is 5. The quantitative estimate of drug-likeness (QED) is 0.128. The van der Waals surface area contributed by atoms with Crippen LogP contribution in [0, 0.1) is 5.92 Å². The maximum absolute atomic E-state index is 13.2. The zero-order chi connectivity index (χ0) is 29.5. The van der Waals surface area contributed by atoms with Gasteiger partial charge in [0.2, 0.25) is 23.6 Å². The minimum Gasteiger partial charge on any atom is -0.480 e. The van der Waals surface area contributed by atoms with Crippen molar-refractivity contribution in [3.63, 3.8) is 0 Å². The minimum absolute atomic E-state index is 0.0263. The third-order valence-corrected chi connectivity index (χ3v) is 6.42. The molecule has 1 aromatic carbocycles. The van der Waals surface area contributed by atoms with Crippen LogP contribution in [-0.2, 0) is 30.4 Å². The van der Waals surface area contributed by atoms with Crippen molar-refractivity contribution < 1.29 is 34.2 Å². The highest BCUT2D eigenvalue weighted by Gasteiger charge is 2.31. The molecule has 0 saturated carbocycles. The zero-order valence-electron chi connectivity index (χ0n) is 22.8. The molecular weight excluding hydrogens is 526 g/mol. The molecule has 12 nitrogen and oxygen atoms in total. The number of carboxylic acids is 1. The molecule has 39 heavy (non-hydrogen) atoms. The molecule has 13 heteroatoms. The molecule has 218 valence electrons. The lowest BCUT2D eigenvalue weighted by Gasteiger charge is -2.25. The fourth-order valence-electron chi connectivity index (χ4n) is 3.55. The van der Waals surface area contributed by atoms with Crippen LogP contribution < -0.4 is 27.0 Å². The van der Waals surface area contributed by atoms with E-state index < -0.39 is 66.4 Å². The molecule has 0 aliphatic rings. The second-order valence-electron chi connectivity index (χ2n) is 9.64. The third-order valence-electron chi connectivity index (χ3n) is 5.77. The summed E-state index contributed by atoms with van der Waals surface area (Å²) in [5, 5.41) is 29.0. The van der Waals surface area contributed by atoms with E-state index >= 15 is 0 Å². The van der Waals surface area contributed by atoms with E-state index in [4.69, 9.17) is 5.73 Å². The van der Waals surface area contributed by atoms with Gasteiger partial charge in [-0.25, -0.2) is 4.79 Å². The molecule has 0 radical (unpaired) electrons. The van der Waals surface area contributed by atoms with E-state index in [1.54, 1.807) is 55.9 Å². The number of benzene rings is 1. The number of aliphatic carboxylic acids is 1. The molecule has 0 aliphatic carbocycles. The molecule has 0 aromatic heterocycles. The molecule has 0 spiro atoms. The van der Waals surface area contributed by atoms with Crippen LogP contribution in [0.5, 0.6) is 0 Å². The number of carbonyl (C=O) groups excluding carboxylic acids is 4. The Morgan fingerprint density at radius 2 is 1.41 bits per heavy atom. The smallest absolute Gasteiger partial charge is 0.326 e. The Labute approximate surface area is 233 Å². The van der Waals surface area contributed by atoms with Gasteiger partial charge in [0.25, 0.3) is 0 Å². The number of hydrogen-bond donors (Lipinski definition) is 7. The summed E-state index contributed by atoms with van der Waals surface area (Å²) >= 11 is 1.54. The van der Waals surface area contributed by atoms with Gasteiger partial charge in [0.1, 0.15) is 24.2 Å². The summed E-state index contributed by atoms with van der Waals surface area (Å²) in [5.41, 5.74) is 6.57. The lowest BCUT2D eigenvalue weighted by Crippen LogP contribution is -2.59. The zero-order valence-corrected chi connectivity index (χ0v) is 23.6. The summed E-state index contributed by atoms with van der Waals surface area (Å²) in [5.74, 6) is -3.37. The van der Waals surface area contributed by atoms with Gasteiger partial charge in [0.15, 0.2) is 0 Å². The van der Waals surface area contributed by atoms with E-state index in [1.165, 1.54) is 6.92 Å². The monoisotopic (exact) mass is 567 g/mol. The first-order valence-corrected chi connectivity index (χ1v) is 14.1. The van der Waals surface area contributed by atoms with E-state index in [1.807, 2.05) is 6.26 Å². The van der Waals surface area contributed by atoms with Gasteiger partial charge in [-0.3, -0.25) is 19.2 Å². The third kappa shape index (κ3) is 12.5. The fourth-order valence-corrected chi connectivity index (χ4v) is 4.04. The summed E-state index contributed by atoms with van der Waals surface area (Å²) < 4.78 is 0. The average molecular weight is 568 g/mol. The first kappa shape index (κ1) is 33.9. The molecule has 0 heterocycles. The molecule has 0 bridgehead atoms. The number of carboxylic acid groups (broad SMARTS) is 1. The van der Waals surface area contributed by atoms with Gasteiger partial charge in [-0.05, 0) is 43.3 Å². The Hall–Kier alpha value is -3.16. The average Bonchev–Trinajstić information content (AvgIpc) is 2.89. The molecular formula is C26H41N5O7S. The first-order valence-electron chi connectivity index (χ1n) is 12.7. The topological polar surface area (TPSA) is 200 Å². The Kier molecular flexibility index (Phi) is 15.1. The number of nitrogens with one attached hydrogen (secondary N) is 4. The number of hydrogen-bond acceptors (Lipinski definition) is 8. The van der Waals surface area contributed by atoms with Gasteiger partial charge in [-0.1, -0.05) is 44.2 Å². The summed E-state index contributed by atoms with van der Waals surface area (Å²) in [7, 11) is 0. The van der Waals surface area contributed by atoms with Crippen LogP contribution in [0.15, 0.2) is 30.3 Å². The highest BCUT2D eigenvalue weighted by atomic mass is 32.2. The Morgan fingerprint density at radius 3 is 1.95 bits per heavy atom. The molecule has 4 amide bonds. The van der Waals surface area contributed by atoms with Crippen molar-refractivity contribution in [1.29, 1.82) is 0 Å². The highest BCUT2D eigenvalue weighted by molar-refractivity contribution is 7.98. The van der Waals surface area contributed by atoms with Gasteiger partial charge in [-0.2, -0.15) is 11.8 Å². The summed E-state index contributed by atoms with van der Waals surface area (Å²) in [6, 6.07) is 3.20. The Bertz CT molecular complexity index is 963. The summed E-state index contributed by atoms with van der Waals surface area (Å²) in [4.78, 5) is 62.6. The van der Waals surface area contributed by atoms with E-state index in [-0.39, 0.29) is 18.8 Å². The standard InChI is InChI=1S/C26H41N5O7S/c1-15(2)12-20(26(37)38)30-25(36)21(14-32)31-24(35)19(13-17-8-6-5-7-9-17)29-22(33)16(3)28-23(34)18(27)10-11-39-4/h5-9,15-16,18-21,32H,10-14,27H2,1-4H3,(H,28,34)(H,29,33)(H,30,36)(H,31,35)(H,37,38)/t16-,18-,19-,20-,21-/m0/s1. The van der Waals surface area contributed by atoms with Crippen molar-refractivity contribution in [2.24, 2.45) is 11.7 Å². The molecule has 1 rings (SSSR count). The minimum atomic E-state index is -1.45. The van der Waals surface area contributed by atoms with Crippen LogP contribution in [-0.4, -0.2) is 88.6 Å². The fraction of sp³-hybridized carbons (Fsp3) is 0.577. The van der Waals surface area contributed by atoms with E-state index in [0.717, 1.165) is 0 Å². The number of amides is 4. The molecule has 0 aliphatic heterocycles. The van der Waals surface area contributed by atoms with Crippen LogP contribution in [0.25, 0.3) is 0 Å². The van der Waals surface area contributed by atoms with Crippen molar-refractivity contribution in [2.45, 2.75) is 70.2 Å². The van der Waals surface area contributed by atoms with E-state index in [9.17, 15) is 34.2 Å². The molecule has 1 aromatic rings. The van der Waals surface area contributed by atoms with Crippen LogP contribution >= 0.6 is 11.8 Å². The number of aliphatic hydroxyl groups is 1. The van der Waals surface area contributed by atoms with Crippen molar-refractivity contribution in [3.05, 3.63) is 35.9 Å². The summed E-state index contributed by atoms with van der Waals surface area (Å²) in [6.07, 6.45) is 2.53. The second-order valence-corrected chi connectivity index (χ2v) is 10.6. The maximum atomic E-state index is 13.2. The van der Waals surface area contributed by atoms with Crippen molar-refractivity contribution in [1.82, 2.24) is 21.3 Å².